The molecule has 0 unspecified atom stereocenters. The molecule has 0 saturated carbocycles. The summed E-state index contributed by atoms with van der Waals surface area (Å²) >= 11 is 0. The van der Waals surface area contributed by atoms with E-state index >= 15 is 0 Å². The number of nitrogens with zero attached hydrogens (tertiary/aromatic N) is 2. The highest BCUT2D eigenvalue weighted by molar-refractivity contribution is 6.08. The number of pyridine rings is 1. The lowest BCUT2D eigenvalue weighted by Crippen LogP contribution is -2.32. The van der Waals surface area contributed by atoms with Gasteiger partial charge < -0.3 is 20.3 Å². The van der Waals surface area contributed by atoms with Gasteiger partial charge in [0.25, 0.3) is 5.91 Å². The number of ether oxygens (including phenoxy) is 1. The first kappa shape index (κ1) is 21.9. The maximum atomic E-state index is 13.2. The van der Waals surface area contributed by atoms with Crippen LogP contribution in [-0.2, 0) is 23.2 Å². The van der Waals surface area contributed by atoms with Gasteiger partial charge in [-0.3, -0.25) is 9.59 Å². The second-order valence-corrected chi connectivity index (χ2v) is 9.47. The number of anilines is 3. The molecule has 1 aromatic heterocycles. The summed E-state index contributed by atoms with van der Waals surface area (Å²) in [6, 6.07) is 15.4. The molecule has 5 rings (SSSR count). The Kier molecular flexibility index (Phi) is 5.48. The Labute approximate surface area is 199 Å². The van der Waals surface area contributed by atoms with E-state index in [9.17, 15) is 9.59 Å². The lowest BCUT2D eigenvalue weighted by molar-refractivity contribution is -0.116. The summed E-state index contributed by atoms with van der Waals surface area (Å²) in [5.74, 6) is 1.20. The van der Waals surface area contributed by atoms with Gasteiger partial charge in [0.2, 0.25) is 5.91 Å². The number of carbonyl (C=O) groups excluding carboxylic acids is 2. The zero-order chi connectivity index (χ0) is 23.9. The van der Waals surface area contributed by atoms with Gasteiger partial charge in [0.05, 0.1) is 12.2 Å². The molecule has 0 radical (unpaired) electrons. The molecule has 34 heavy (non-hydrogen) atoms. The minimum absolute atomic E-state index is 0.00725. The van der Waals surface area contributed by atoms with E-state index in [2.05, 4.69) is 35.5 Å². The van der Waals surface area contributed by atoms with Gasteiger partial charge in [0.1, 0.15) is 11.6 Å². The molecule has 0 saturated heterocycles. The molecule has 2 aliphatic rings. The van der Waals surface area contributed by atoms with Crippen molar-refractivity contribution in [3.63, 3.8) is 0 Å². The van der Waals surface area contributed by atoms with Crippen LogP contribution in [0, 0.1) is 0 Å². The Morgan fingerprint density at radius 1 is 1.15 bits per heavy atom. The molecular formula is C27H28N4O3. The van der Waals surface area contributed by atoms with Crippen molar-refractivity contribution in [2.75, 3.05) is 28.7 Å². The highest BCUT2D eigenvalue weighted by Gasteiger charge is 2.37. The van der Waals surface area contributed by atoms with Crippen LogP contribution in [0.3, 0.4) is 0 Å². The quantitative estimate of drug-likeness (QED) is 0.590. The minimum Gasteiger partial charge on any atom is -0.493 e. The maximum Gasteiger partial charge on any atom is 0.259 e. The van der Waals surface area contributed by atoms with Gasteiger partial charge >= 0.3 is 0 Å². The van der Waals surface area contributed by atoms with Crippen molar-refractivity contribution < 1.29 is 14.3 Å². The number of benzene rings is 2. The second-order valence-electron chi connectivity index (χ2n) is 9.47. The lowest BCUT2D eigenvalue weighted by atomic mass is 9.87. The number of hydrogen-bond acceptors (Lipinski definition) is 5. The molecule has 2 aromatic carbocycles. The summed E-state index contributed by atoms with van der Waals surface area (Å²) in [4.78, 5) is 31.5. The monoisotopic (exact) mass is 456 g/mol. The van der Waals surface area contributed by atoms with Crippen molar-refractivity contribution in [2.45, 2.75) is 39.2 Å². The number of fused-ring (bicyclic) bond motifs is 2. The molecule has 0 bridgehead atoms. The van der Waals surface area contributed by atoms with Crippen LogP contribution < -0.4 is 20.3 Å². The van der Waals surface area contributed by atoms with Gasteiger partial charge in [-0.2, -0.15) is 0 Å². The zero-order valence-electron chi connectivity index (χ0n) is 19.6. The molecule has 7 heteroatoms. The Morgan fingerprint density at radius 2 is 2.00 bits per heavy atom. The van der Waals surface area contributed by atoms with Crippen LogP contribution >= 0.6 is 0 Å². The van der Waals surface area contributed by atoms with Crippen LogP contribution in [0.2, 0.25) is 0 Å². The van der Waals surface area contributed by atoms with Crippen LogP contribution in [0.25, 0.3) is 0 Å². The minimum atomic E-state index is -0.260. The Bertz CT molecular complexity index is 1280. The van der Waals surface area contributed by atoms with E-state index < -0.39 is 0 Å². The Balaban J connectivity index is 1.33. The molecule has 0 atom stereocenters. The molecule has 2 amide bonds. The van der Waals surface area contributed by atoms with E-state index in [-0.39, 0.29) is 17.2 Å². The summed E-state index contributed by atoms with van der Waals surface area (Å²) in [6.07, 6.45) is 2.58. The zero-order valence-corrected chi connectivity index (χ0v) is 19.6. The third kappa shape index (κ3) is 4.09. The van der Waals surface area contributed by atoms with Crippen LogP contribution in [-0.4, -0.2) is 29.9 Å². The number of nitrogens with one attached hydrogen (secondary N) is 2. The van der Waals surface area contributed by atoms with E-state index in [1.807, 2.05) is 30.3 Å². The summed E-state index contributed by atoms with van der Waals surface area (Å²) < 4.78 is 5.57. The highest BCUT2D eigenvalue weighted by atomic mass is 16.5. The summed E-state index contributed by atoms with van der Waals surface area (Å²) in [7, 11) is 0. The molecule has 0 spiro atoms. The van der Waals surface area contributed by atoms with Gasteiger partial charge in [-0.25, -0.2) is 4.98 Å². The Hall–Kier alpha value is -3.87. The topological polar surface area (TPSA) is 83.6 Å². The first-order valence-corrected chi connectivity index (χ1v) is 11.5. The molecule has 7 nitrogen and oxygen atoms in total. The van der Waals surface area contributed by atoms with E-state index in [1.165, 1.54) is 5.56 Å². The maximum absolute atomic E-state index is 13.2. The fourth-order valence-electron chi connectivity index (χ4n) is 4.72. The lowest BCUT2D eigenvalue weighted by Gasteiger charge is -2.19. The van der Waals surface area contributed by atoms with Crippen molar-refractivity contribution in [1.29, 1.82) is 0 Å². The number of carbonyl (C=O) groups is 2. The fourth-order valence-corrected chi connectivity index (χ4v) is 4.72. The first-order valence-electron chi connectivity index (χ1n) is 11.5. The standard InChI is InChI=1S/C27H28N4O3/c1-17(32)31-16-27(2,3)22-8-7-20(14-23(22)31)30-26(33)21-5-4-11-28-25(21)29-15-18-6-9-24-19(13-18)10-12-34-24/h4-9,11,13-14H,10,12,15-16H2,1-3H3,(H,28,29)(H,30,33). The van der Waals surface area contributed by atoms with Crippen molar-refractivity contribution in [3.05, 3.63) is 77.0 Å². The van der Waals surface area contributed by atoms with Crippen molar-refractivity contribution in [3.8, 4) is 5.75 Å². The van der Waals surface area contributed by atoms with E-state index in [0.717, 1.165) is 35.6 Å². The van der Waals surface area contributed by atoms with Crippen molar-refractivity contribution in [1.82, 2.24) is 4.98 Å². The van der Waals surface area contributed by atoms with Gasteiger partial charge in [-0.1, -0.05) is 32.0 Å². The van der Waals surface area contributed by atoms with E-state index in [0.29, 0.717) is 30.2 Å². The van der Waals surface area contributed by atoms with E-state index in [1.54, 1.807) is 30.2 Å². The van der Waals surface area contributed by atoms with Gasteiger partial charge in [-0.15, -0.1) is 0 Å². The molecule has 0 aliphatic carbocycles. The summed E-state index contributed by atoms with van der Waals surface area (Å²) in [6.45, 7) is 7.70. The first-order chi connectivity index (χ1) is 16.3. The molecule has 174 valence electrons. The van der Waals surface area contributed by atoms with Crippen molar-refractivity contribution in [2.24, 2.45) is 0 Å². The van der Waals surface area contributed by atoms with Crippen LogP contribution in [0.1, 0.15) is 47.8 Å². The number of hydrogen-bond donors (Lipinski definition) is 2. The number of aromatic nitrogens is 1. The molecule has 0 fully saturated rings. The fraction of sp³-hybridized carbons (Fsp3) is 0.296. The SMILES string of the molecule is CC(=O)N1CC(C)(C)c2ccc(NC(=O)c3cccnc3NCc3ccc4c(c3)CCO4)cc21. The van der Waals surface area contributed by atoms with Crippen LogP contribution in [0.15, 0.2) is 54.7 Å². The summed E-state index contributed by atoms with van der Waals surface area (Å²) in [5, 5.41) is 6.27. The van der Waals surface area contributed by atoms with Gasteiger partial charge in [-0.05, 0) is 47.0 Å². The molecule has 3 heterocycles. The van der Waals surface area contributed by atoms with Crippen molar-refractivity contribution >= 4 is 29.0 Å². The second kappa shape index (κ2) is 8.48. The predicted molar refractivity (Wildman–Crippen MR) is 133 cm³/mol. The van der Waals surface area contributed by atoms with E-state index in [4.69, 9.17) is 4.74 Å². The van der Waals surface area contributed by atoms with Gasteiger partial charge in [0, 0.05) is 49.4 Å². The third-order valence-corrected chi connectivity index (χ3v) is 6.48. The average molecular weight is 457 g/mol. The van der Waals surface area contributed by atoms with Crippen LogP contribution in [0.4, 0.5) is 17.2 Å². The number of rotatable bonds is 5. The largest absolute Gasteiger partial charge is 0.493 e. The van der Waals surface area contributed by atoms with Gasteiger partial charge in [0.15, 0.2) is 0 Å². The summed E-state index contributed by atoms with van der Waals surface area (Å²) in [5.41, 5.74) is 5.22. The number of amides is 2. The smallest absolute Gasteiger partial charge is 0.259 e. The predicted octanol–water partition coefficient (Wildman–Crippen LogP) is 4.53. The Morgan fingerprint density at radius 3 is 2.82 bits per heavy atom. The molecule has 2 aliphatic heterocycles. The van der Waals surface area contributed by atoms with Crippen LogP contribution in [0.5, 0.6) is 5.75 Å². The average Bonchev–Trinajstić information content (AvgIpc) is 3.39. The normalized spacial score (nSPS) is 15.3. The molecule has 2 N–H and O–H groups in total. The molecule has 3 aromatic rings. The molecular weight excluding hydrogens is 428 g/mol. The third-order valence-electron chi connectivity index (χ3n) is 6.48. The highest BCUT2D eigenvalue weighted by Crippen LogP contribution is 2.41.